The normalized spacial score (nSPS) is 9.73. The van der Waals surface area contributed by atoms with Crippen molar-refractivity contribution in [2.75, 3.05) is 11.9 Å². The third kappa shape index (κ3) is 2.66. The highest BCUT2D eigenvalue weighted by atomic mass is 32.1. The van der Waals surface area contributed by atoms with E-state index in [1.54, 1.807) is 7.05 Å². The van der Waals surface area contributed by atoms with E-state index >= 15 is 0 Å². The van der Waals surface area contributed by atoms with E-state index in [0.29, 0.717) is 17.9 Å². The molecule has 0 aromatic carbocycles. The Hall–Kier alpha value is -1.63. The Morgan fingerprint density at radius 3 is 2.93 bits per heavy atom. The van der Waals surface area contributed by atoms with Gasteiger partial charge in [0.1, 0.15) is 10.8 Å². The summed E-state index contributed by atoms with van der Waals surface area (Å²) in [6.45, 7) is 2.38. The molecule has 4 N–H and O–H groups in total. The fraction of sp³-hybridized carbons (Fsp3) is 0.375. The lowest BCUT2D eigenvalue weighted by Gasteiger charge is -2.07. The van der Waals surface area contributed by atoms with E-state index in [1.807, 2.05) is 6.92 Å². The van der Waals surface area contributed by atoms with Crippen molar-refractivity contribution in [2.24, 2.45) is 12.8 Å². The molecule has 0 fully saturated rings. The molecular weight excluding hydrogens is 214 g/mol. The van der Waals surface area contributed by atoms with Gasteiger partial charge in [-0.05, 0) is 6.92 Å². The number of amides is 2. The zero-order chi connectivity index (χ0) is 11.4. The van der Waals surface area contributed by atoms with Gasteiger partial charge >= 0.3 is 6.03 Å². The second kappa shape index (κ2) is 4.74. The lowest BCUT2D eigenvalue weighted by Crippen LogP contribution is -2.30. The van der Waals surface area contributed by atoms with Gasteiger partial charge in [-0.2, -0.15) is 5.10 Å². The van der Waals surface area contributed by atoms with Crippen LogP contribution in [-0.2, 0) is 7.05 Å². The van der Waals surface area contributed by atoms with Gasteiger partial charge in [-0.15, -0.1) is 0 Å². The number of aromatic nitrogens is 2. The number of carbonyl (C=O) groups excluding carboxylic acids is 1. The molecule has 6 nitrogen and oxygen atoms in total. The first-order valence-electron chi connectivity index (χ1n) is 4.43. The minimum atomic E-state index is -0.307. The van der Waals surface area contributed by atoms with E-state index in [0.717, 1.165) is 0 Å². The average Bonchev–Trinajstić information content (AvgIpc) is 2.48. The zero-order valence-electron chi connectivity index (χ0n) is 8.57. The van der Waals surface area contributed by atoms with Gasteiger partial charge in [0.15, 0.2) is 0 Å². The fourth-order valence-corrected chi connectivity index (χ4v) is 1.23. The van der Waals surface area contributed by atoms with Gasteiger partial charge in [-0.25, -0.2) is 4.79 Å². The fourth-order valence-electron chi connectivity index (χ4n) is 1.08. The Bertz CT molecular complexity index is 386. The molecule has 1 aromatic heterocycles. The minimum Gasteiger partial charge on any atom is -0.389 e. The largest absolute Gasteiger partial charge is 0.389 e. The third-order valence-electron chi connectivity index (χ3n) is 1.77. The molecule has 0 aliphatic rings. The van der Waals surface area contributed by atoms with E-state index in [1.165, 1.54) is 10.9 Å². The molecule has 0 atom stereocenters. The molecule has 7 heteroatoms. The number of carbonyl (C=O) groups is 1. The molecule has 1 heterocycles. The number of thiocarbonyl (C=S) groups is 1. The molecule has 2 amide bonds. The lowest BCUT2D eigenvalue weighted by atomic mass is 10.3. The van der Waals surface area contributed by atoms with Crippen molar-refractivity contribution in [2.45, 2.75) is 6.92 Å². The molecule has 15 heavy (non-hydrogen) atoms. The van der Waals surface area contributed by atoms with Crippen LogP contribution < -0.4 is 16.4 Å². The summed E-state index contributed by atoms with van der Waals surface area (Å²) in [6.07, 6.45) is 1.52. The van der Waals surface area contributed by atoms with Gasteiger partial charge in [0, 0.05) is 13.6 Å². The molecule has 0 bridgehead atoms. The van der Waals surface area contributed by atoms with Crippen molar-refractivity contribution < 1.29 is 4.79 Å². The third-order valence-corrected chi connectivity index (χ3v) is 1.99. The molecule has 82 valence electrons. The van der Waals surface area contributed by atoms with Crippen LogP contribution in [0.1, 0.15) is 12.5 Å². The van der Waals surface area contributed by atoms with Gasteiger partial charge in [0.25, 0.3) is 0 Å². The molecule has 1 aromatic rings. The van der Waals surface area contributed by atoms with Crippen LogP contribution >= 0.6 is 12.2 Å². The maximum absolute atomic E-state index is 11.3. The summed E-state index contributed by atoms with van der Waals surface area (Å²) in [4.78, 5) is 11.5. The predicted octanol–water partition coefficient (Wildman–Crippen LogP) is 0.196. The average molecular weight is 227 g/mol. The first-order chi connectivity index (χ1) is 7.06. The summed E-state index contributed by atoms with van der Waals surface area (Å²) in [7, 11) is 1.70. The standard InChI is InChI=1S/C8H13N5OS/c1-3-10-8(14)12-7-5(6(9)15)4-11-13(7)2/h4H,3H2,1-2H3,(H2,9,15)(H2,10,12,14). The Morgan fingerprint density at radius 1 is 1.73 bits per heavy atom. The number of nitrogens with one attached hydrogen (secondary N) is 2. The molecule has 0 radical (unpaired) electrons. The van der Waals surface area contributed by atoms with Gasteiger partial charge in [-0.3, -0.25) is 10.00 Å². The molecule has 0 spiro atoms. The molecule has 0 aliphatic heterocycles. The smallest absolute Gasteiger partial charge is 0.320 e. The van der Waals surface area contributed by atoms with Crippen molar-refractivity contribution in [3.05, 3.63) is 11.8 Å². The van der Waals surface area contributed by atoms with E-state index in [9.17, 15) is 4.79 Å². The summed E-state index contributed by atoms with van der Waals surface area (Å²) < 4.78 is 1.50. The number of nitrogens with two attached hydrogens (primary N) is 1. The molecule has 0 aliphatic carbocycles. The quantitative estimate of drug-likeness (QED) is 0.644. The maximum Gasteiger partial charge on any atom is 0.320 e. The van der Waals surface area contributed by atoms with Crippen LogP contribution in [-0.4, -0.2) is 27.3 Å². The summed E-state index contributed by atoms with van der Waals surface area (Å²) in [6, 6.07) is -0.307. The number of nitrogens with zero attached hydrogens (tertiary/aromatic N) is 2. The minimum absolute atomic E-state index is 0.204. The number of hydrogen-bond acceptors (Lipinski definition) is 3. The highest BCUT2D eigenvalue weighted by Crippen LogP contribution is 2.13. The van der Waals surface area contributed by atoms with E-state index in [2.05, 4.69) is 15.7 Å². The second-order valence-corrected chi connectivity index (χ2v) is 3.32. The van der Waals surface area contributed by atoms with Crippen LogP contribution in [0.5, 0.6) is 0 Å². The predicted molar refractivity (Wildman–Crippen MR) is 61.8 cm³/mol. The highest BCUT2D eigenvalue weighted by Gasteiger charge is 2.12. The highest BCUT2D eigenvalue weighted by molar-refractivity contribution is 7.80. The number of urea groups is 1. The first-order valence-corrected chi connectivity index (χ1v) is 4.83. The summed E-state index contributed by atoms with van der Waals surface area (Å²) >= 11 is 4.83. The Balaban J connectivity index is 2.88. The van der Waals surface area contributed by atoms with E-state index in [-0.39, 0.29) is 11.0 Å². The van der Waals surface area contributed by atoms with Crippen LogP contribution in [0.15, 0.2) is 6.20 Å². The van der Waals surface area contributed by atoms with E-state index in [4.69, 9.17) is 18.0 Å². The Morgan fingerprint density at radius 2 is 2.40 bits per heavy atom. The van der Waals surface area contributed by atoms with Crippen LogP contribution in [0.25, 0.3) is 0 Å². The van der Waals surface area contributed by atoms with Gasteiger partial charge < -0.3 is 11.1 Å². The van der Waals surface area contributed by atoms with Crippen LogP contribution in [0, 0.1) is 0 Å². The van der Waals surface area contributed by atoms with Gasteiger partial charge in [0.05, 0.1) is 11.8 Å². The molecule has 0 saturated carbocycles. The molecule has 0 unspecified atom stereocenters. The molecule has 0 saturated heterocycles. The van der Waals surface area contributed by atoms with Gasteiger partial charge in [0.2, 0.25) is 0 Å². The number of aryl methyl sites for hydroxylation is 1. The summed E-state index contributed by atoms with van der Waals surface area (Å²) in [5, 5.41) is 9.18. The van der Waals surface area contributed by atoms with Gasteiger partial charge in [-0.1, -0.05) is 12.2 Å². The number of rotatable bonds is 3. The lowest BCUT2D eigenvalue weighted by molar-refractivity contribution is 0.252. The first kappa shape index (κ1) is 11.4. The van der Waals surface area contributed by atoms with Crippen LogP contribution in [0.3, 0.4) is 0 Å². The van der Waals surface area contributed by atoms with Crippen molar-refractivity contribution in [1.29, 1.82) is 0 Å². The maximum atomic E-state index is 11.3. The molecule has 1 rings (SSSR count). The number of anilines is 1. The zero-order valence-corrected chi connectivity index (χ0v) is 9.39. The number of hydrogen-bond donors (Lipinski definition) is 3. The topological polar surface area (TPSA) is 85.0 Å². The Kier molecular flexibility index (Phi) is 3.62. The van der Waals surface area contributed by atoms with Crippen LogP contribution in [0.2, 0.25) is 0 Å². The van der Waals surface area contributed by atoms with Crippen molar-refractivity contribution in [3.8, 4) is 0 Å². The summed E-state index contributed by atoms with van der Waals surface area (Å²) in [5.41, 5.74) is 6.04. The van der Waals surface area contributed by atoms with Crippen molar-refractivity contribution in [3.63, 3.8) is 0 Å². The van der Waals surface area contributed by atoms with Crippen LogP contribution in [0.4, 0.5) is 10.6 Å². The second-order valence-electron chi connectivity index (χ2n) is 2.88. The van der Waals surface area contributed by atoms with Crippen molar-refractivity contribution in [1.82, 2.24) is 15.1 Å². The molecular formula is C8H13N5OS. The van der Waals surface area contributed by atoms with Crippen molar-refractivity contribution >= 4 is 29.1 Å². The monoisotopic (exact) mass is 227 g/mol. The summed E-state index contributed by atoms with van der Waals surface area (Å²) in [5.74, 6) is 0.494. The van der Waals surface area contributed by atoms with E-state index < -0.39 is 0 Å². The SMILES string of the molecule is CCNC(=O)Nc1c(C(N)=S)cnn1C. The Labute approximate surface area is 92.8 Å².